The lowest BCUT2D eigenvalue weighted by Gasteiger charge is -2.20. The Balaban J connectivity index is 1.78. The molecular formula is C20H18F2N4O. The summed E-state index contributed by atoms with van der Waals surface area (Å²) in [4.78, 5) is 22.5. The Morgan fingerprint density at radius 3 is 2.56 bits per heavy atom. The maximum absolute atomic E-state index is 13.8. The Morgan fingerprint density at radius 1 is 1.07 bits per heavy atom. The summed E-state index contributed by atoms with van der Waals surface area (Å²) in [6.07, 6.45) is 1.23. The van der Waals surface area contributed by atoms with Crippen LogP contribution in [0.2, 0.25) is 0 Å². The SMILES string of the molecule is CCN(Cc1ccccc1)C(=O)c1cc(Nc2ccc(F)cc2F)ncn1. The third kappa shape index (κ3) is 4.63. The van der Waals surface area contributed by atoms with E-state index in [1.807, 2.05) is 37.3 Å². The molecule has 0 aliphatic heterocycles. The van der Waals surface area contributed by atoms with Crippen molar-refractivity contribution in [3.63, 3.8) is 0 Å². The van der Waals surface area contributed by atoms with Gasteiger partial charge in [0, 0.05) is 25.2 Å². The molecule has 0 unspecified atom stereocenters. The normalized spacial score (nSPS) is 10.5. The number of hydrogen-bond donors (Lipinski definition) is 1. The van der Waals surface area contributed by atoms with E-state index >= 15 is 0 Å². The molecule has 0 atom stereocenters. The number of nitrogens with zero attached hydrogens (tertiary/aromatic N) is 3. The lowest BCUT2D eigenvalue weighted by Crippen LogP contribution is -2.31. The summed E-state index contributed by atoms with van der Waals surface area (Å²) in [5, 5.41) is 2.74. The minimum Gasteiger partial charge on any atom is -0.338 e. The zero-order chi connectivity index (χ0) is 19.2. The standard InChI is InChI=1S/C20H18F2N4O/c1-2-26(12-14-6-4-3-5-7-14)20(27)18-11-19(24-13-23-18)25-17-9-8-15(21)10-16(17)22/h3-11,13H,2,12H2,1H3,(H,23,24,25). The van der Waals surface area contributed by atoms with Gasteiger partial charge in [0.05, 0.1) is 5.69 Å². The summed E-state index contributed by atoms with van der Waals surface area (Å²) in [5.74, 6) is -1.43. The second kappa shape index (κ2) is 8.35. The highest BCUT2D eigenvalue weighted by molar-refractivity contribution is 5.93. The lowest BCUT2D eigenvalue weighted by molar-refractivity contribution is 0.0746. The molecule has 0 bridgehead atoms. The van der Waals surface area contributed by atoms with Crippen molar-refractivity contribution in [2.24, 2.45) is 0 Å². The van der Waals surface area contributed by atoms with Crippen LogP contribution in [0.4, 0.5) is 20.3 Å². The van der Waals surface area contributed by atoms with Crippen LogP contribution in [0.1, 0.15) is 23.0 Å². The minimum absolute atomic E-state index is 0.0603. The Labute approximate surface area is 155 Å². The molecule has 1 amide bonds. The van der Waals surface area contributed by atoms with E-state index in [1.54, 1.807) is 4.90 Å². The molecular weight excluding hydrogens is 350 g/mol. The van der Waals surface area contributed by atoms with Gasteiger partial charge in [-0.3, -0.25) is 4.79 Å². The van der Waals surface area contributed by atoms with Gasteiger partial charge in [-0.05, 0) is 24.6 Å². The van der Waals surface area contributed by atoms with Gasteiger partial charge in [0.2, 0.25) is 0 Å². The molecule has 0 fully saturated rings. The van der Waals surface area contributed by atoms with Crippen molar-refractivity contribution in [2.75, 3.05) is 11.9 Å². The van der Waals surface area contributed by atoms with Crippen LogP contribution in [-0.2, 0) is 6.54 Å². The van der Waals surface area contributed by atoms with E-state index in [2.05, 4.69) is 15.3 Å². The number of benzene rings is 2. The second-order valence-electron chi connectivity index (χ2n) is 5.84. The molecule has 138 valence electrons. The van der Waals surface area contributed by atoms with Crippen LogP contribution in [0.25, 0.3) is 0 Å². The van der Waals surface area contributed by atoms with Crippen molar-refractivity contribution in [1.29, 1.82) is 0 Å². The molecule has 3 rings (SSSR count). The van der Waals surface area contributed by atoms with Gasteiger partial charge in [-0.1, -0.05) is 30.3 Å². The number of rotatable bonds is 6. The van der Waals surface area contributed by atoms with Gasteiger partial charge in [-0.25, -0.2) is 18.7 Å². The largest absolute Gasteiger partial charge is 0.338 e. The summed E-state index contributed by atoms with van der Waals surface area (Å²) in [7, 11) is 0. The Kier molecular flexibility index (Phi) is 5.71. The number of carbonyl (C=O) groups is 1. The summed E-state index contributed by atoms with van der Waals surface area (Å²) in [6.45, 7) is 2.84. The monoisotopic (exact) mass is 368 g/mol. The van der Waals surface area contributed by atoms with Crippen molar-refractivity contribution < 1.29 is 13.6 Å². The molecule has 0 aliphatic rings. The van der Waals surface area contributed by atoms with Gasteiger partial charge in [0.1, 0.15) is 29.5 Å². The number of halogens is 2. The first kappa shape index (κ1) is 18.4. The molecule has 0 spiro atoms. The van der Waals surface area contributed by atoms with Gasteiger partial charge in [0.25, 0.3) is 5.91 Å². The van der Waals surface area contributed by atoms with Crippen LogP contribution < -0.4 is 5.32 Å². The third-order valence-corrected chi connectivity index (χ3v) is 3.97. The summed E-state index contributed by atoms with van der Waals surface area (Å²) < 4.78 is 26.8. The number of nitrogens with one attached hydrogen (secondary N) is 1. The fraction of sp³-hybridized carbons (Fsp3) is 0.150. The van der Waals surface area contributed by atoms with Crippen LogP contribution in [0.5, 0.6) is 0 Å². The quantitative estimate of drug-likeness (QED) is 0.710. The van der Waals surface area contributed by atoms with E-state index in [9.17, 15) is 13.6 Å². The predicted octanol–water partition coefficient (Wildman–Crippen LogP) is 4.16. The van der Waals surface area contributed by atoms with E-state index in [1.165, 1.54) is 18.5 Å². The first-order chi connectivity index (χ1) is 13.1. The molecule has 1 aromatic heterocycles. The van der Waals surface area contributed by atoms with Gasteiger partial charge in [0.15, 0.2) is 0 Å². The molecule has 3 aromatic rings. The first-order valence-corrected chi connectivity index (χ1v) is 8.44. The van der Waals surface area contributed by atoms with E-state index in [-0.39, 0.29) is 23.1 Å². The molecule has 7 heteroatoms. The molecule has 0 aliphatic carbocycles. The van der Waals surface area contributed by atoms with Crippen molar-refractivity contribution in [3.8, 4) is 0 Å². The summed E-state index contributed by atoms with van der Waals surface area (Å²) in [6, 6.07) is 14.3. The topological polar surface area (TPSA) is 58.1 Å². The molecule has 0 saturated heterocycles. The minimum atomic E-state index is -0.749. The number of anilines is 2. The van der Waals surface area contributed by atoms with E-state index in [0.717, 1.165) is 17.7 Å². The van der Waals surface area contributed by atoms with Crippen LogP contribution in [-0.4, -0.2) is 27.3 Å². The molecule has 0 radical (unpaired) electrons. The number of aromatic nitrogens is 2. The van der Waals surface area contributed by atoms with Gasteiger partial charge in [-0.15, -0.1) is 0 Å². The van der Waals surface area contributed by atoms with E-state index in [0.29, 0.717) is 13.1 Å². The molecule has 2 aromatic carbocycles. The highest BCUT2D eigenvalue weighted by Gasteiger charge is 2.17. The molecule has 1 N–H and O–H groups in total. The highest BCUT2D eigenvalue weighted by atomic mass is 19.1. The van der Waals surface area contributed by atoms with Crippen LogP contribution in [0, 0.1) is 11.6 Å². The smallest absolute Gasteiger partial charge is 0.272 e. The van der Waals surface area contributed by atoms with Crippen LogP contribution in [0.15, 0.2) is 60.9 Å². The Hall–Kier alpha value is -3.35. The maximum atomic E-state index is 13.8. The first-order valence-electron chi connectivity index (χ1n) is 8.44. The van der Waals surface area contributed by atoms with Gasteiger partial charge in [-0.2, -0.15) is 0 Å². The molecule has 5 nitrogen and oxygen atoms in total. The van der Waals surface area contributed by atoms with Crippen LogP contribution in [0.3, 0.4) is 0 Å². The zero-order valence-electron chi connectivity index (χ0n) is 14.7. The second-order valence-corrected chi connectivity index (χ2v) is 5.84. The fourth-order valence-electron chi connectivity index (χ4n) is 2.56. The molecule has 0 saturated carbocycles. The number of amides is 1. The van der Waals surface area contributed by atoms with E-state index < -0.39 is 11.6 Å². The third-order valence-electron chi connectivity index (χ3n) is 3.97. The number of carbonyl (C=O) groups excluding carboxylic acids is 1. The van der Waals surface area contributed by atoms with Gasteiger partial charge >= 0.3 is 0 Å². The van der Waals surface area contributed by atoms with Crippen molar-refractivity contribution in [1.82, 2.24) is 14.9 Å². The Bertz CT molecular complexity index is 934. The lowest BCUT2D eigenvalue weighted by atomic mass is 10.2. The van der Waals surface area contributed by atoms with Crippen LogP contribution >= 0.6 is 0 Å². The average Bonchev–Trinajstić information content (AvgIpc) is 2.69. The fourth-order valence-corrected chi connectivity index (χ4v) is 2.56. The molecule has 27 heavy (non-hydrogen) atoms. The average molecular weight is 368 g/mol. The highest BCUT2D eigenvalue weighted by Crippen LogP contribution is 2.20. The van der Waals surface area contributed by atoms with E-state index in [4.69, 9.17) is 0 Å². The summed E-state index contributed by atoms with van der Waals surface area (Å²) in [5.41, 5.74) is 1.26. The van der Waals surface area contributed by atoms with Crippen molar-refractivity contribution in [3.05, 3.63) is 83.8 Å². The van der Waals surface area contributed by atoms with Gasteiger partial charge < -0.3 is 10.2 Å². The maximum Gasteiger partial charge on any atom is 0.272 e. The Morgan fingerprint density at radius 2 is 1.85 bits per heavy atom. The van der Waals surface area contributed by atoms with Crippen molar-refractivity contribution >= 4 is 17.4 Å². The number of hydrogen-bond acceptors (Lipinski definition) is 4. The zero-order valence-corrected chi connectivity index (χ0v) is 14.7. The summed E-state index contributed by atoms with van der Waals surface area (Å²) >= 11 is 0. The van der Waals surface area contributed by atoms with Crippen molar-refractivity contribution in [2.45, 2.75) is 13.5 Å². The molecule has 1 heterocycles. The predicted molar refractivity (Wildman–Crippen MR) is 98.5 cm³/mol.